The summed E-state index contributed by atoms with van der Waals surface area (Å²) in [6.07, 6.45) is 0. The van der Waals surface area contributed by atoms with E-state index in [9.17, 15) is 0 Å². The lowest BCUT2D eigenvalue weighted by atomic mass is 9.95. The highest BCUT2D eigenvalue weighted by molar-refractivity contribution is 7.26. The number of fused-ring (bicyclic) bond motifs is 6. The molecular formula is C51H31N3S2. The topological polar surface area (TPSA) is 38.7 Å². The first kappa shape index (κ1) is 32.6. The third-order valence-electron chi connectivity index (χ3n) is 10.6. The normalized spacial score (nSPS) is 11.6. The van der Waals surface area contributed by atoms with Crippen LogP contribution in [0, 0.1) is 0 Å². The smallest absolute Gasteiger partial charge is 0.164 e. The lowest BCUT2D eigenvalue weighted by Crippen LogP contribution is -2.00. The fraction of sp³-hybridized carbons (Fsp3) is 0. The summed E-state index contributed by atoms with van der Waals surface area (Å²) in [7, 11) is 0. The van der Waals surface area contributed by atoms with E-state index in [0.717, 1.165) is 33.4 Å². The van der Waals surface area contributed by atoms with Gasteiger partial charge in [0.2, 0.25) is 0 Å². The van der Waals surface area contributed by atoms with E-state index in [2.05, 4.69) is 170 Å². The molecule has 3 aromatic heterocycles. The van der Waals surface area contributed by atoms with Crippen LogP contribution >= 0.6 is 22.7 Å². The van der Waals surface area contributed by atoms with Gasteiger partial charge in [0.15, 0.2) is 17.5 Å². The predicted molar refractivity (Wildman–Crippen MR) is 238 cm³/mol. The highest BCUT2D eigenvalue weighted by Gasteiger charge is 2.16. The molecule has 0 unspecified atom stereocenters. The summed E-state index contributed by atoms with van der Waals surface area (Å²) in [5, 5.41) is 5.20. The molecule has 0 aliphatic rings. The fourth-order valence-corrected chi connectivity index (χ4v) is 10.1. The van der Waals surface area contributed by atoms with Crippen LogP contribution in [0.4, 0.5) is 0 Å². The van der Waals surface area contributed by atoms with E-state index in [4.69, 9.17) is 15.0 Å². The summed E-state index contributed by atoms with van der Waals surface area (Å²) in [4.78, 5) is 15.2. The van der Waals surface area contributed by atoms with Crippen LogP contribution < -0.4 is 0 Å². The average molecular weight is 750 g/mol. The molecule has 0 bridgehead atoms. The van der Waals surface area contributed by atoms with E-state index in [1.807, 2.05) is 40.9 Å². The molecule has 11 aromatic rings. The first-order chi connectivity index (χ1) is 27.7. The van der Waals surface area contributed by atoms with Crippen molar-refractivity contribution < 1.29 is 0 Å². The van der Waals surface area contributed by atoms with Crippen LogP contribution in [0.1, 0.15) is 0 Å². The molecule has 0 radical (unpaired) electrons. The molecule has 0 aliphatic heterocycles. The van der Waals surface area contributed by atoms with Crippen molar-refractivity contribution in [3.63, 3.8) is 0 Å². The Morgan fingerprint density at radius 3 is 1.25 bits per heavy atom. The molecule has 56 heavy (non-hydrogen) atoms. The van der Waals surface area contributed by atoms with Gasteiger partial charge in [0.25, 0.3) is 0 Å². The van der Waals surface area contributed by atoms with Gasteiger partial charge in [0, 0.05) is 57.0 Å². The summed E-state index contributed by atoms with van der Waals surface area (Å²) in [5.41, 5.74) is 9.94. The van der Waals surface area contributed by atoms with Crippen molar-refractivity contribution in [2.24, 2.45) is 0 Å². The Balaban J connectivity index is 0.980. The monoisotopic (exact) mass is 749 g/mol. The molecule has 8 aromatic carbocycles. The first-order valence-corrected chi connectivity index (χ1v) is 20.3. The molecule has 11 rings (SSSR count). The molecule has 0 N–H and O–H groups in total. The summed E-state index contributed by atoms with van der Waals surface area (Å²) in [6.45, 7) is 0. The molecule has 262 valence electrons. The summed E-state index contributed by atoms with van der Waals surface area (Å²) >= 11 is 3.69. The molecule has 0 aliphatic carbocycles. The number of aromatic nitrogens is 3. The van der Waals surface area contributed by atoms with E-state index in [1.165, 1.54) is 57.0 Å². The zero-order valence-corrected chi connectivity index (χ0v) is 31.7. The van der Waals surface area contributed by atoms with Crippen molar-refractivity contribution in [2.75, 3.05) is 0 Å². The maximum atomic E-state index is 5.12. The lowest BCUT2D eigenvalue weighted by molar-refractivity contribution is 1.07. The number of hydrogen-bond acceptors (Lipinski definition) is 5. The van der Waals surface area contributed by atoms with E-state index in [0.29, 0.717) is 17.5 Å². The molecule has 0 saturated carbocycles. The second-order valence-electron chi connectivity index (χ2n) is 14.0. The van der Waals surface area contributed by atoms with Crippen LogP contribution in [0.5, 0.6) is 0 Å². The van der Waals surface area contributed by atoms with Gasteiger partial charge in [-0.25, -0.2) is 15.0 Å². The van der Waals surface area contributed by atoms with Crippen LogP contribution in [0.15, 0.2) is 188 Å². The largest absolute Gasteiger partial charge is 0.208 e. The van der Waals surface area contributed by atoms with Gasteiger partial charge in [0.05, 0.1) is 0 Å². The van der Waals surface area contributed by atoms with E-state index in [1.54, 1.807) is 0 Å². The standard InChI is InChI=1S/C51H31N3S2/c1-2-12-33(13-3-1)49-52-50(54-51(53-49)38-17-9-16-37(31-38)40-21-11-25-46-48(40)42-19-5-7-23-44(42)56-46)34-28-26-32(27-29-34)35-14-8-15-36(30-35)39-20-10-24-45-47(39)41-18-4-6-22-43(41)55-45/h1-31H. The predicted octanol–water partition coefficient (Wildman–Crippen LogP) is 14.6. The van der Waals surface area contributed by atoms with Gasteiger partial charge >= 0.3 is 0 Å². The Kier molecular flexibility index (Phi) is 7.87. The van der Waals surface area contributed by atoms with E-state index < -0.39 is 0 Å². The van der Waals surface area contributed by atoms with Crippen LogP contribution in [0.2, 0.25) is 0 Å². The van der Waals surface area contributed by atoms with Crippen molar-refractivity contribution in [1.82, 2.24) is 15.0 Å². The van der Waals surface area contributed by atoms with Gasteiger partial charge < -0.3 is 0 Å². The Labute approximate surface area is 331 Å². The number of rotatable bonds is 6. The SMILES string of the molecule is c1ccc(-c2nc(-c3ccc(-c4cccc(-c5cccc6sc7ccccc7c56)c4)cc3)nc(-c3cccc(-c4cccc5sc6ccccc6c45)c3)n2)cc1. The zero-order chi connectivity index (χ0) is 37.0. The number of hydrogen-bond donors (Lipinski definition) is 0. The molecule has 0 saturated heterocycles. The summed E-state index contributed by atoms with van der Waals surface area (Å²) < 4.78 is 5.21. The van der Waals surface area contributed by atoms with Crippen LogP contribution in [0.25, 0.3) is 108 Å². The fourth-order valence-electron chi connectivity index (χ4n) is 7.88. The van der Waals surface area contributed by atoms with Crippen LogP contribution in [-0.4, -0.2) is 15.0 Å². The van der Waals surface area contributed by atoms with Crippen molar-refractivity contribution >= 4 is 63.0 Å². The lowest BCUT2D eigenvalue weighted by Gasteiger charge is -2.11. The molecule has 0 amide bonds. The minimum absolute atomic E-state index is 0.640. The Morgan fingerprint density at radius 2 is 0.661 bits per heavy atom. The van der Waals surface area contributed by atoms with E-state index in [-0.39, 0.29) is 0 Å². The maximum Gasteiger partial charge on any atom is 0.164 e. The van der Waals surface area contributed by atoms with Gasteiger partial charge in [-0.2, -0.15) is 0 Å². The molecule has 3 nitrogen and oxygen atoms in total. The minimum Gasteiger partial charge on any atom is -0.208 e. The minimum atomic E-state index is 0.640. The second-order valence-corrected chi connectivity index (χ2v) is 16.1. The van der Waals surface area contributed by atoms with Gasteiger partial charge in [-0.1, -0.05) is 152 Å². The van der Waals surface area contributed by atoms with Gasteiger partial charge in [-0.05, 0) is 69.8 Å². The highest BCUT2D eigenvalue weighted by Crippen LogP contribution is 2.42. The van der Waals surface area contributed by atoms with Gasteiger partial charge in [-0.3, -0.25) is 0 Å². The molecule has 3 heterocycles. The van der Waals surface area contributed by atoms with Gasteiger partial charge in [0.1, 0.15) is 0 Å². The van der Waals surface area contributed by atoms with Crippen molar-refractivity contribution in [1.29, 1.82) is 0 Å². The number of nitrogens with zero attached hydrogens (tertiary/aromatic N) is 3. The molecule has 0 fully saturated rings. The summed E-state index contributed by atoms with van der Waals surface area (Å²) in [6, 6.07) is 66.8. The Hall–Kier alpha value is -6.79. The van der Waals surface area contributed by atoms with Crippen molar-refractivity contribution in [2.45, 2.75) is 0 Å². The molecule has 0 spiro atoms. The third-order valence-corrected chi connectivity index (χ3v) is 12.8. The molecule has 0 atom stereocenters. The third kappa shape index (κ3) is 5.68. The van der Waals surface area contributed by atoms with Crippen LogP contribution in [0.3, 0.4) is 0 Å². The van der Waals surface area contributed by atoms with E-state index >= 15 is 0 Å². The van der Waals surface area contributed by atoms with Gasteiger partial charge in [-0.15, -0.1) is 22.7 Å². The zero-order valence-electron chi connectivity index (χ0n) is 30.1. The molecular weight excluding hydrogens is 719 g/mol. The Morgan fingerprint density at radius 1 is 0.268 bits per heavy atom. The highest BCUT2D eigenvalue weighted by atomic mass is 32.1. The number of thiophene rings is 2. The summed E-state index contributed by atoms with van der Waals surface area (Å²) in [5.74, 6) is 1.93. The average Bonchev–Trinajstić information content (AvgIpc) is 3.86. The maximum absolute atomic E-state index is 5.12. The quantitative estimate of drug-likeness (QED) is 0.170. The first-order valence-electron chi connectivity index (χ1n) is 18.7. The van der Waals surface area contributed by atoms with Crippen molar-refractivity contribution in [3.8, 4) is 67.5 Å². The van der Waals surface area contributed by atoms with Crippen LogP contribution in [-0.2, 0) is 0 Å². The van der Waals surface area contributed by atoms with Crippen molar-refractivity contribution in [3.05, 3.63) is 188 Å². The molecule has 5 heteroatoms. The number of benzene rings is 8. The Bertz CT molecular complexity index is 3250. The second kappa shape index (κ2) is 13.5.